The summed E-state index contributed by atoms with van der Waals surface area (Å²) in [6.07, 6.45) is 1.80. The normalized spacial score (nSPS) is 17.2. The van der Waals surface area contributed by atoms with Gasteiger partial charge in [-0.25, -0.2) is 0 Å². The molecule has 7 heteroatoms. The van der Waals surface area contributed by atoms with Crippen molar-refractivity contribution in [2.75, 3.05) is 23.5 Å². The van der Waals surface area contributed by atoms with Crippen molar-refractivity contribution in [3.8, 4) is 0 Å². The van der Waals surface area contributed by atoms with Gasteiger partial charge >= 0.3 is 10.2 Å². The lowest BCUT2D eigenvalue weighted by molar-refractivity contribution is 0.482. The fourth-order valence-corrected chi connectivity index (χ4v) is 3.27. The van der Waals surface area contributed by atoms with Crippen LogP contribution in [0.3, 0.4) is 0 Å². The first-order valence-corrected chi connectivity index (χ1v) is 7.14. The molecule has 3 N–H and O–H groups in total. The minimum Gasteiger partial charge on any atom is -0.397 e. The van der Waals surface area contributed by atoms with E-state index in [9.17, 15) is 8.42 Å². The van der Waals surface area contributed by atoms with Gasteiger partial charge < -0.3 is 5.73 Å². The molecule has 1 aromatic rings. The van der Waals surface area contributed by atoms with Gasteiger partial charge in [-0.3, -0.25) is 4.72 Å². The van der Waals surface area contributed by atoms with Crippen LogP contribution in [-0.2, 0) is 10.2 Å². The molecule has 0 saturated carbocycles. The van der Waals surface area contributed by atoms with Crippen molar-refractivity contribution in [3.05, 3.63) is 23.2 Å². The Morgan fingerprint density at radius 3 is 2.53 bits per heavy atom. The van der Waals surface area contributed by atoms with Gasteiger partial charge in [0.05, 0.1) is 11.4 Å². The lowest BCUT2D eigenvalue weighted by Gasteiger charge is -2.17. The molecule has 1 aromatic carbocycles. The van der Waals surface area contributed by atoms with Crippen molar-refractivity contribution in [1.82, 2.24) is 4.31 Å². The van der Waals surface area contributed by atoms with Crippen LogP contribution in [-0.4, -0.2) is 25.8 Å². The molecule has 0 spiro atoms. The summed E-state index contributed by atoms with van der Waals surface area (Å²) >= 11 is 5.75. The van der Waals surface area contributed by atoms with Crippen LogP contribution in [0.4, 0.5) is 11.4 Å². The molecule has 0 radical (unpaired) electrons. The number of anilines is 2. The van der Waals surface area contributed by atoms with E-state index >= 15 is 0 Å². The molecule has 0 aromatic heterocycles. The van der Waals surface area contributed by atoms with E-state index in [1.54, 1.807) is 12.1 Å². The number of hydrogen-bond donors (Lipinski definition) is 2. The van der Waals surface area contributed by atoms with E-state index in [4.69, 9.17) is 17.3 Å². The Labute approximate surface area is 106 Å². The number of nitrogen functional groups attached to an aromatic ring is 1. The monoisotopic (exact) mass is 275 g/mol. The highest BCUT2D eigenvalue weighted by Gasteiger charge is 2.25. The van der Waals surface area contributed by atoms with Crippen molar-refractivity contribution >= 4 is 33.2 Å². The fraction of sp³-hybridized carbons (Fsp3) is 0.400. The van der Waals surface area contributed by atoms with E-state index in [0.717, 1.165) is 12.8 Å². The predicted molar refractivity (Wildman–Crippen MR) is 69.2 cm³/mol. The van der Waals surface area contributed by atoms with Crippen LogP contribution in [0.1, 0.15) is 12.8 Å². The summed E-state index contributed by atoms with van der Waals surface area (Å²) in [7, 11) is -3.49. The molecule has 2 rings (SSSR count). The first-order valence-electron chi connectivity index (χ1n) is 5.32. The Kier molecular flexibility index (Phi) is 3.46. The van der Waals surface area contributed by atoms with Gasteiger partial charge in [-0.2, -0.15) is 12.7 Å². The third kappa shape index (κ3) is 2.83. The highest BCUT2D eigenvalue weighted by molar-refractivity contribution is 7.90. The van der Waals surface area contributed by atoms with Crippen LogP contribution >= 0.6 is 11.6 Å². The minimum atomic E-state index is -3.49. The molecular formula is C10H14ClN3O2S. The van der Waals surface area contributed by atoms with Gasteiger partial charge in [0.15, 0.2) is 0 Å². The molecular weight excluding hydrogens is 262 g/mol. The highest BCUT2D eigenvalue weighted by atomic mass is 35.5. The predicted octanol–water partition coefficient (Wildman–Crippen LogP) is 1.67. The third-order valence-corrected chi connectivity index (χ3v) is 4.42. The third-order valence-electron chi connectivity index (χ3n) is 2.66. The molecule has 5 nitrogen and oxygen atoms in total. The lowest BCUT2D eigenvalue weighted by Crippen LogP contribution is -2.33. The molecule has 94 valence electrons. The van der Waals surface area contributed by atoms with Gasteiger partial charge in [0.1, 0.15) is 0 Å². The van der Waals surface area contributed by atoms with Crippen LogP contribution in [0.25, 0.3) is 0 Å². The molecule has 1 aliphatic heterocycles. The minimum absolute atomic E-state index is 0.320. The van der Waals surface area contributed by atoms with Gasteiger partial charge in [-0.15, -0.1) is 0 Å². The van der Waals surface area contributed by atoms with Gasteiger partial charge in [0.25, 0.3) is 0 Å². The van der Waals surface area contributed by atoms with Gasteiger partial charge in [-0.05, 0) is 31.0 Å². The summed E-state index contributed by atoms with van der Waals surface area (Å²) in [5.41, 5.74) is 6.38. The van der Waals surface area contributed by atoms with E-state index < -0.39 is 10.2 Å². The van der Waals surface area contributed by atoms with Crippen molar-refractivity contribution in [2.45, 2.75) is 12.8 Å². The molecule has 0 aliphatic carbocycles. The Balaban J connectivity index is 2.19. The molecule has 0 unspecified atom stereocenters. The number of nitrogens with one attached hydrogen (secondary N) is 1. The van der Waals surface area contributed by atoms with Crippen LogP contribution in [0, 0.1) is 0 Å². The standard InChI is InChI=1S/C10H14ClN3O2S/c11-8-3-4-10(9(12)7-8)13-17(15,16)14-5-1-2-6-14/h3-4,7,13H,1-2,5-6,12H2. The number of halogens is 1. The highest BCUT2D eigenvalue weighted by Crippen LogP contribution is 2.25. The number of nitrogens with zero attached hydrogens (tertiary/aromatic N) is 1. The fourth-order valence-electron chi connectivity index (χ4n) is 1.76. The first-order chi connectivity index (χ1) is 7.99. The summed E-state index contributed by atoms with van der Waals surface area (Å²) in [5.74, 6) is 0. The average Bonchev–Trinajstić information content (AvgIpc) is 2.76. The van der Waals surface area contributed by atoms with Crippen LogP contribution in [0.15, 0.2) is 18.2 Å². The maximum Gasteiger partial charge on any atom is 0.301 e. The number of hydrogen-bond acceptors (Lipinski definition) is 3. The summed E-state index contributed by atoms with van der Waals surface area (Å²) in [5, 5.41) is 0.478. The van der Waals surface area contributed by atoms with E-state index in [-0.39, 0.29) is 0 Å². The molecule has 0 bridgehead atoms. The molecule has 1 heterocycles. The zero-order chi connectivity index (χ0) is 12.5. The van der Waals surface area contributed by atoms with Crippen LogP contribution in [0.5, 0.6) is 0 Å². The number of benzene rings is 1. The Morgan fingerprint density at radius 1 is 1.29 bits per heavy atom. The second-order valence-electron chi connectivity index (χ2n) is 3.94. The second kappa shape index (κ2) is 4.72. The van der Waals surface area contributed by atoms with Crippen molar-refractivity contribution in [2.24, 2.45) is 0 Å². The first kappa shape index (κ1) is 12.5. The van der Waals surface area contributed by atoms with Crippen LogP contribution in [0.2, 0.25) is 5.02 Å². The summed E-state index contributed by atoms with van der Waals surface area (Å²) in [6, 6.07) is 4.68. The van der Waals surface area contributed by atoms with E-state index in [2.05, 4.69) is 4.72 Å². The Morgan fingerprint density at radius 2 is 1.94 bits per heavy atom. The molecule has 1 fully saturated rings. The van der Waals surface area contributed by atoms with Crippen molar-refractivity contribution in [3.63, 3.8) is 0 Å². The molecule has 0 atom stereocenters. The average molecular weight is 276 g/mol. The van der Waals surface area contributed by atoms with Gasteiger partial charge in [0, 0.05) is 18.1 Å². The SMILES string of the molecule is Nc1cc(Cl)ccc1NS(=O)(=O)N1CCCC1. The van der Waals surface area contributed by atoms with E-state index in [1.807, 2.05) is 0 Å². The smallest absolute Gasteiger partial charge is 0.301 e. The lowest BCUT2D eigenvalue weighted by atomic mass is 10.3. The Bertz CT molecular complexity index is 512. The maximum absolute atomic E-state index is 12.0. The quantitative estimate of drug-likeness (QED) is 0.824. The van der Waals surface area contributed by atoms with Crippen molar-refractivity contribution < 1.29 is 8.42 Å². The maximum atomic E-state index is 12.0. The summed E-state index contributed by atoms with van der Waals surface area (Å²) in [6.45, 7) is 1.12. The summed E-state index contributed by atoms with van der Waals surface area (Å²) < 4.78 is 27.8. The molecule has 17 heavy (non-hydrogen) atoms. The van der Waals surface area contributed by atoms with Gasteiger partial charge in [-0.1, -0.05) is 11.6 Å². The molecule has 1 saturated heterocycles. The van der Waals surface area contributed by atoms with Gasteiger partial charge in [0.2, 0.25) is 0 Å². The Hall–Kier alpha value is -0.980. The van der Waals surface area contributed by atoms with E-state index in [0.29, 0.717) is 29.5 Å². The largest absolute Gasteiger partial charge is 0.397 e. The zero-order valence-electron chi connectivity index (χ0n) is 9.19. The number of rotatable bonds is 3. The summed E-state index contributed by atoms with van der Waals surface area (Å²) in [4.78, 5) is 0. The topological polar surface area (TPSA) is 75.4 Å². The molecule has 0 amide bonds. The van der Waals surface area contributed by atoms with Crippen molar-refractivity contribution in [1.29, 1.82) is 0 Å². The number of nitrogens with two attached hydrogens (primary N) is 1. The second-order valence-corrected chi connectivity index (χ2v) is 6.05. The van der Waals surface area contributed by atoms with E-state index in [1.165, 1.54) is 10.4 Å². The zero-order valence-corrected chi connectivity index (χ0v) is 10.8. The molecule has 1 aliphatic rings. The van der Waals surface area contributed by atoms with Crippen LogP contribution < -0.4 is 10.5 Å².